The molecule has 47 heavy (non-hydrogen) atoms. The van der Waals surface area contributed by atoms with Gasteiger partial charge in [-0.15, -0.1) is 11.8 Å². The van der Waals surface area contributed by atoms with E-state index in [4.69, 9.17) is 18.9 Å². The number of halogens is 2. The fourth-order valence-electron chi connectivity index (χ4n) is 8.15. The third-order valence-electron chi connectivity index (χ3n) is 10.0. The molecule has 3 fully saturated rings. The Bertz CT molecular complexity index is 1850. The number of thioether (sulfide) groups is 1. The van der Waals surface area contributed by atoms with E-state index in [-0.39, 0.29) is 34.8 Å². The highest BCUT2D eigenvalue weighted by Gasteiger charge is 2.63. The molecule has 1 aromatic heterocycles. The first-order chi connectivity index (χ1) is 22.7. The second-order valence-corrected chi connectivity index (χ2v) is 13.9. The van der Waals surface area contributed by atoms with Gasteiger partial charge < -0.3 is 23.8 Å². The summed E-state index contributed by atoms with van der Waals surface area (Å²) < 4.78 is 54.4. The van der Waals surface area contributed by atoms with Crippen LogP contribution in [0.2, 0.25) is 0 Å². The van der Waals surface area contributed by atoms with Gasteiger partial charge in [0.25, 0.3) is 5.91 Å². The molecule has 5 aliphatic heterocycles. The van der Waals surface area contributed by atoms with Crippen LogP contribution in [0, 0.1) is 17.6 Å². The molecule has 1 amide bonds. The zero-order valence-electron chi connectivity index (χ0n) is 25.8. The summed E-state index contributed by atoms with van der Waals surface area (Å²) in [6.07, 6.45) is 2.86. The molecule has 1 unspecified atom stereocenters. The van der Waals surface area contributed by atoms with Crippen molar-refractivity contribution in [2.24, 2.45) is 5.92 Å². The van der Waals surface area contributed by atoms with Gasteiger partial charge in [-0.05, 0) is 62.8 Å². The summed E-state index contributed by atoms with van der Waals surface area (Å²) in [5.41, 5.74) is 0.614. The quantitative estimate of drug-likeness (QED) is 0.259. The lowest BCUT2D eigenvalue weighted by atomic mass is 9.71. The maximum absolute atomic E-state index is 15.6. The number of fused-ring (bicyclic) bond motifs is 6. The van der Waals surface area contributed by atoms with E-state index < -0.39 is 59.8 Å². The van der Waals surface area contributed by atoms with Crippen LogP contribution >= 0.6 is 11.8 Å². The minimum absolute atomic E-state index is 0.0480. The van der Waals surface area contributed by atoms with Crippen molar-refractivity contribution in [2.75, 3.05) is 18.3 Å². The highest BCUT2D eigenvalue weighted by Crippen LogP contribution is 2.57. The van der Waals surface area contributed by atoms with Crippen molar-refractivity contribution in [3.63, 3.8) is 0 Å². The zero-order chi connectivity index (χ0) is 32.6. The number of amides is 1. The van der Waals surface area contributed by atoms with Crippen molar-refractivity contribution < 1.29 is 37.3 Å². The Hall–Kier alpha value is -4.10. The molecule has 10 nitrogen and oxygen atoms in total. The highest BCUT2D eigenvalue weighted by molar-refractivity contribution is 7.98. The Kier molecular flexibility index (Phi) is 7.25. The van der Waals surface area contributed by atoms with Gasteiger partial charge in [-0.1, -0.05) is 24.3 Å². The van der Waals surface area contributed by atoms with Crippen LogP contribution in [0.4, 0.5) is 13.6 Å². The van der Waals surface area contributed by atoms with Gasteiger partial charge in [-0.25, -0.2) is 13.6 Å². The fraction of sp³-hybridized carbons (Fsp3) is 0.441. The van der Waals surface area contributed by atoms with Crippen LogP contribution in [0.5, 0.6) is 5.75 Å². The van der Waals surface area contributed by atoms with Crippen LogP contribution in [0.3, 0.4) is 0 Å². The van der Waals surface area contributed by atoms with Gasteiger partial charge in [0.05, 0.1) is 23.9 Å². The molecule has 3 aromatic rings. The van der Waals surface area contributed by atoms with Crippen LogP contribution in [0.25, 0.3) is 0 Å². The maximum Gasteiger partial charge on any atom is 0.511 e. The summed E-state index contributed by atoms with van der Waals surface area (Å²) in [5.74, 6) is -2.41. The number of piperidine rings is 1. The highest BCUT2D eigenvalue weighted by atomic mass is 32.2. The van der Waals surface area contributed by atoms with Crippen LogP contribution in [-0.4, -0.2) is 59.0 Å². The second-order valence-electron chi connectivity index (χ2n) is 12.9. The summed E-state index contributed by atoms with van der Waals surface area (Å²) >= 11 is 1.42. The van der Waals surface area contributed by atoms with Gasteiger partial charge in [0.2, 0.25) is 18.0 Å². The monoisotopic (exact) mass is 665 g/mol. The van der Waals surface area contributed by atoms with Crippen LogP contribution in [0.15, 0.2) is 58.4 Å². The Balaban J connectivity index is 1.33. The number of hydrogen-bond acceptors (Lipinski definition) is 9. The zero-order valence-corrected chi connectivity index (χ0v) is 26.6. The lowest BCUT2D eigenvalue weighted by molar-refractivity contribution is -0.0758. The first-order valence-electron chi connectivity index (χ1n) is 15.8. The van der Waals surface area contributed by atoms with E-state index >= 15 is 4.39 Å². The molecule has 8 rings (SSSR count). The SMILES string of the molecule is CC(C)OC(=O)OCOc1c2n(ccc1=O)N(C1c3ccccc3SCc3c1ccc(F)c3F)[C@@H]1[C@H]3C[C@@H]4CC[C@@]3(CCN1C2=O)O4. The largest absolute Gasteiger partial charge is 0.511 e. The number of pyridine rings is 1. The third kappa shape index (κ3) is 4.72. The van der Waals surface area contributed by atoms with Crippen molar-refractivity contribution >= 4 is 23.8 Å². The molecular formula is C34H33F2N3O7S. The minimum atomic E-state index is -0.978. The number of rotatable bonds is 5. The molecule has 0 saturated carbocycles. The number of nitrogens with zero attached hydrogens (tertiary/aromatic N) is 3. The lowest BCUT2D eigenvalue weighted by Crippen LogP contribution is -2.70. The molecule has 0 radical (unpaired) electrons. The Labute approximate surface area is 273 Å². The van der Waals surface area contributed by atoms with Crippen LogP contribution in [0.1, 0.15) is 72.8 Å². The summed E-state index contributed by atoms with van der Waals surface area (Å²) in [5, 5.41) is 2.02. The Morgan fingerprint density at radius 3 is 2.74 bits per heavy atom. The Morgan fingerprint density at radius 2 is 1.94 bits per heavy atom. The summed E-state index contributed by atoms with van der Waals surface area (Å²) in [4.78, 5) is 42.6. The molecule has 2 bridgehead atoms. The summed E-state index contributed by atoms with van der Waals surface area (Å²) in [6, 6.07) is 11.1. The van der Waals surface area contributed by atoms with E-state index in [1.165, 1.54) is 24.0 Å². The molecule has 0 N–H and O–H groups in total. The number of carbonyl (C=O) groups excluding carboxylic acids is 2. The molecule has 5 atom stereocenters. The van der Waals surface area contributed by atoms with Crippen molar-refractivity contribution in [3.05, 3.63) is 92.9 Å². The minimum Gasteiger partial charge on any atom is -0.451 e. The fourth-order valence-corrected chi connectivity index (χ4v) is 9.27. The van der Waals surface area contributed by atoms with Crippen LogP contribution < -0.4 is 15.2 Å². The molecule has 13 heteroatoms. The second kappa shape index (κ2) is 11.3. The van der Waals surface area contributed by atoms with E-state index in [1.807, 2.05) is 29.3 Å². The van der Waals surface area contributed by atoms with Crippen molar-refractivity contribution in [2.45, 2.75) is 80.2 Å². The molecule has 2 aromatic carbocycles. The van der Waals surface area contributed by atoms with Gasteiger partial charge in [0.1, 0.15) is 6.17 Å². The third-order valence-corrected chi connectivity index (χ3v) is 11.2. The van der Waals surface area contributed by atoms with Crippen molar-refractivity contribution in [3.8, 4) is 5.75 Å². The topological polar surface area (TPSA) is 99.5 Å². The number of benzene rings is 2. The molecule has 0 aliphatic carbocycles. The normalized spacial score (nSPS) is 27.0. The standard InChI is InChI=1S/C34H33F2N3O7S/c1-18(2)45-33(42)44-17-43-30-25(40)10-13-38-29(30)32(41)37-14-12-34-11-9-19(46-34)15-23(34)31(37)39(38)28-20-7-8-24(35)27(36)22(20)16-47-26-6-4-3-5-21(26)28/h3-8,10,13,18-19,23,28,31H,9,11-12,14-17H2,1-2H3/t19-,23+,28?,31+,34-/m0/s1. The van der Waals surface area contributed by atoms with Gasteiger partial charge in [0.15, 0.2) is 17.3 Å². The molecule has 6 heterocycles. The smallest absolute Gasteiger partial charge is 0.451 e. The van der Waals surface area contributed by atoms with E-state index in [1.54, 1.807) is 29.5 Å². The van der Waals surface area contributed by atoms with Crippen molar-refractivity contribution in [1.82, 2.24) is 9.58 Å². The lowest BCUT2D eigenvalue weighted by Gasteiger charge is -2.57. The number of hydrogen-bond donors (Lipinski definition) is 0. The molecule has 5 aliphatic rings. The first-order valence-corrected chi connectivity index (χ1v) is 16.8. The number of ether oxygens (including phenoxy) is 4. The van der Waals surface area contributed by atoms with E-state index in [0.29, 0.717) is 18.5 Å². The molecule has 3 saturated heterocycles. The average Bonchev–Trinajstić information content (AvgIpc) is 3.58. The number of aromatic nitrogens is 1. The van der Waals surface area contributed by atoms with Crippen molar-refractivity contribution in [1.29, 1.82) is 0 Å². The molecule has 246 valence electrons. The average molecular weight is 666 g/mol. The van der Waals surface area contributed by atoms with Gasteiger partial charge in [0, 0.05) is 40.9 Å². The van der Waals surface area contributed by atoms with Gasteiger partial charge in [-0.3, -0.25) is 19.3 Å². The van der Waals surface area contributed by atoms with E-state index in [0.717, 1.165) is 35.8 Å². The summed E-state index contributed by atoms with van der Waals surface area (Å²) in [7, 11) is 0. The van der Waals surface area contributed by atoms with Crippen LogP contribution in [-0.2, 0) is 20.0 Å². The maximum atomic E-state index is 15.6. The molecular weight excluding hydrogens is 632 g/mol. The molecule has 1 spiro atoms. The van der Waals surface area contributed by atoms with Gasteiger partial charge >= 0.3 is 6.16 Å². The Morgan fingerprint density at radius 1 is 1.11 bits per heavy atom. The first kappa shape index (κ1) is 30.2. The van der Waals surface area contributed by atoms with Gasteiger partial charge in [-0.2, -0.15) is 0 Å². The van der Waals surface area contributed by atoms with E-state index in [9.17, 15) is 18.8 Å². The predicted octanol–water partition coefficient (Wildman–Crippen LogP) is 5.48. The number of carbonyl (C=O) groups is 2. The predicted molar refractivity (Wildman–Crippen MR) is 166 cm³/mol. The summed E-state index contributed by atoms with van der Waals surface area (Å²) in [6.45, 7) is 3.03. The van der Waals surface area contributed by atoms with E-state index in [2.05, 4.69) is 0 Å².